The summed E-state index contributed by atoms with van der Waals surface area (Å²) in [5.41, 5.74) is 1.45. The van der Waals surface area contributed by atoms with Gasteiger partial charge in [-0.25, -0.2) is 9.69 Å². The van der Waals surface area contributed by atoms with Gasteiger partial charge in [0.25, 0.3) is 5.17 Å². The van der Waals surface area contributed by atoms with Crippen molar-refractivity contribution in [2.75, 3.05) is 5.32 Å². The maximum atomic E-state index is 12.5. The maximum Gasteiger partial charge on any atom is 0.329 e. The first-order valence-corrected chi connectivity index (χ1v) is 7.82. The lowest BCUT2D eigenvalue weighted by Gasteiger charge is -2.21. The van der Waals surface area contributed by atoms with Crippen LogP contribution in [0.2, 0.25) is 5.02 Å². The molecule has 2 aromatic rings. The third-order valence-electron chi connectivity index (χ3n) is 3.64. The van der Waals surface area contributed by atoms with Crippen LogP contribution in [-0.2, 0) is 4.74 Å². The van der Waals surface area contributed by atoms with Gasteiger partial charge in [-0.15, -0.1) is 0 Å². The minimum absolute atomic E-state index is 0.142. The smallest absolute Gasteiger partial charge is 0.329 e. The van der Waals surface area contributed by atoms with Crippen LogP contribution in [0.1, 0.15) is 18.6 Å². The predicted molar refractivity (Wildman–Crippen MR) is 92.4 cm³/mol. The Balaban J connectivity index is 1.79. The lowest BCUT2D eigenvalue weighted by molar-refractivity contribution is 0.198. The summed E-state index contributed by atoms with van der Waals surface area (Å²) in [4.78, 5) is 17.9. The van der Waals surface area contributed by atoms with Crippen LogP contribution >= 0.6 is 23.8 Å². The van der Waals surface area contributed by atoms with Gasteiger partial charge in [0, 0.05) is 12.4 Å². The molecular weight excluding hydrogens is 334 g/mol. The molecule has 0 bridgehead atoms. The minimum atomic E-state index is -0.368. The molecule has 0 radical (unpaired) electrons. The van der Waals surface area contributed by atoms with Crippen LogP contribution in [0.15, 0.2) is 48.8 Å². The van der Waals surface area contributed by atoms with Crippen molar-refractivity contribution in [3.8, 4) is 0 Å². The summed E-state index contributed by atoms with van der Waals surface area (Å²) in [5.74, 6) is 0. The fraction of sp³-hybridized carbons (Fsp3) is 0.188. The highest BCUT2D eigenvalue weighted by Gasteiger charge is 2.41. The van der Waals surface area contributed by atoms with Gasteiger partial charge in [-0.05, 0) is 49.0 Å². The molecule has 118 valence electrons. The quantitative estimate of drug-likeness (QED) is 0.834. The topological polar surface area (TPSA) is 54.5 Å². The van der Waals surface area contributed by atoms with Gasteiger partial charge < -0.3 is 10.1 Å². The molecular formula is C16H14ClN3O2S. The molecule has 1 aliphatic rings. The molecule has 0 saturated carbocycles. The van der Waals surface area contributed by atoms with E-state index in [1.807, 2.05) is 19.1 Å². The normalized spacial score (nSPS) is 20.3. The average Bonchev–Trinajstić information content (AvgIpc) is 2.85. The van der Waals surface area contributed by atoms with Crippen LogP contribution in [0.25, 0.3) is 0 Å². The van der Waals surface area contributed by atoms with Crippen LogP contribution in [0.5, 0.6) is 0 Å². The van der Waals surface area contributed by atoms with Crippen molar-refractivity contribution in [3.63, 3.8) is 0 Å². The second-order valence-corrected chi connectivity index (χ2v) is 5.86. The van der Waals surface area contributed by atoms with E-state index in [9.17, 15) is 4.79 Å². The zero-order valence-electron chi connectivity index (χ0n) is 12.3. The number of thiocarbonyl (C=S) groups is 1. The first-order valence-electron chi connectivity index (χ1n) is 7.03. The number of hydrogen-bond donors (Lipinski definition) is 1. The molecule has 2 atom stereocenters. The van der Waals surface area contributed by atoms with E-state index in [4.69, 9.17) is 28.6 Å². The third-order valence-corrected chi connectivity index (χ3v) is 4.26. The van der Waals surface area contributed by atoms with E-state index in [-0.39, 0.29) is 23.4 Å². The standard InChI is InChI=1S/C16H14ClN3O2S/c1-10-14(11-6-8-18-9-7-11)22-16(23)20(10)15(21)19-13-5-3-2-4-12(13)17/h2-10,14H,1H3,(H,19,21)/t10-,14-/m1/s1. The summed E-state index contributed by atoms with van der Waals surface area (Å²) in [6, 6.07) is 10.1. The number of ether oxygens (including phenoxy) is 1. The minimum Gasteiger partial charge on any atom is -0.460 e. The second kappa shape index (κ2) is 6.52. The zero-order valence-corrected chi connectivity index (χ0v) is 13.8. The number of amides is 2. The number of anilines is 1. The molecule has 2 heterocycles. The number of para-hydroxylation sites is 1. The number of hydrogen-bond acceptors (Lipinski definition) is 4. The van der Waals surface area contributed by atoms with Crippen molar-refractivity contribution in [3.05, 3.63) is 59.4 Å². The van der Waals surface area contributed by atoms with E-state index in [0.717, 1.165) is 5.56 Å². The summed E-state index contributed by atoms with van der Waals surface area (Å²) in [6.45, 7) is 1.89. The van der Waals surface area contributed by atoms with Crippen LogP contribution in [0.3, 0.4) is 0 Å². The van der Waals surface area contributed by atoms with E-state index in [2.05, 4.69) is 10.3 Å². The van der Waals surface area contributed by atoms with E-state index in [0.29, 0.717) is 10.7 Å². The van der Waals surface area contributed by atoms with Crippen molar-refractivity contribution in [2.45, 2.75) is 19.1 Å². The lowest BCUT2D eigenvalue weighted by Crippen LogP contribution is -2.40. The molecule has 0 spiro atoms. The van der Waals surface area contributed by atoms with E-state index >= 15 is 0 Å². The highest BCUT2D eigenvalue weighted by Crippen LogP contribution is 2.33. The number of benzene rings is 1. The SMILES string of the molecule is C[C@@H]1[C@H](c2ccncc2)OC(=S)N1C(=O)Nc1ccccc1Cl. The predicted octanol–water partition coefficient (Wildman–Crippen LogP) is 4.01. The number of aromatic nitrogens is 1. The molecule has 1 saturated heterocycles. The largest absolute Gasteiger partial charge is 0.460 e. The lowest BCUT2D eigenvalue weighted by atomic mass is 10.1. The third kappa shape index (κ3) is 3.13. The number of halogens is 1. The average molecular weight is 348 g/mol. The van der Waals surface area contributed by atoms with Gasteiger partial charge in [0.2, 0.25) is 0 Å². The van der Waals surface area contributed by atoms with Crippen molar-refractivity contribution < 1.29 is 9.53 Å². The number of nitrogens with zero attached hydrogens (tertiary/aromatic N) is 2. The zero-order chi connectivity index (χ0) is 16.4. The number of pyridine rings is 1. The van der Waals surface area contributed by atoms with Gasteiger partial charge in [-0.1, -0.05) is 23.7 Å². The van der Waals surface area contributed by atoms with E-state index in [1.165, 1.54) is 4.90 Å². The van der Waals surface area contributed by atoms with Crippen molar-refractivity contribution >= 4 is 40.7 Å². The van der Waals surface area contributed by atoms with E-state index in [1.54, 1.807) is 36.7 Å². The Morgan fingerprint density at radius 3 is 2.70 bits per heavy atom. The Morgan fingerprint density at radius 2 is 2.00 bits per heavy atom. The number of urea groups is 1. The molecule has 0 aliphatic carbocycles. The Bertz CT molecular complexity index is 741. The first-order chi connectivity index (χ1) is 11.1. The van der Waals surface area contributed by atoms with Gasteiger partial charge in [-0.3, -0.25) is 4.98 Å². The second-order valence-electron chi connectivity index (χ2n) is 5.11. The van der Waals surface area contributed by atoms with Crippen molar-refractivity contribution in [1.29, 1.82) is 0 Å². The summed E-state index contributed by atoms with van der Waals surface area (Å²) in [6.07, 6.45) is 3.05. The Hall–Kier alpha value is -2.18. The van der Waals surface area contributed by atoms with Crippen molar-refractivity contribution in [2.24, 2.45) is 0 Å². The summed E-state index contributed by atoms with van der Waals surface area (Å²) in [5, 5.41) is 3.37. The Kier molecular flexibility index (Phi) is 4.45. The molecule has 2 amide bonds. The van der Waals surface area contributed by atoms with Gasteiger partial charge in [0.1, 0.15) is 6.10 Å². The summed E-state index contributed by atoms with van der Waals surface area (Å²) < 4.78 is 5.70. The Morgan fingerprint density at radius 1 is 1.30 bits per heavy atom. The molecule has 1 fully saturated rings. The molecule has 1 aliphatic heterocycles. The summed E-state index contributed by atoms with van der Waals surface area (Å²) in [7, 11) is 0. The van der Waals surface area contributed by atoms with Gasteiger partial charge in [0.05, 0.1) is 16.8 Å². The van der Waals surface area contributed by atoms with Crippen LogP contribution < -0.4 is 5.32 Å². The number of carbonyl (C=O) groups excluding carboxylic acids is 1. The van der Waals surface area contributed by atoms with E-state index < -0.39 is 0 Å². The first kappa shape index (κ1) is 15.7. The molecule has 5 nitrogen and oxygen atoms in total. The fourth-order valence-electron chi connectivity index (χ4n) is 2.47. The molecule has 1 aromatic heterocycles. The van der Waals surface area contributed by atoms with Gasteiger partial charge >= 0.3 is 6.03 Å². The molecule has 23 heavy (non-hydrogen) atoms. The van der Waals surface area contributed by atoms with Crippen LogP contribution in [0, 0.1) is 0 Å². The highest BCUT2D eigenvalue weighted by atomic mass is 35.5. The monoisotopic (exact) mass is 347 g/mol. The Labute approximate surface area is 144 Å². The van der Waals surface area contributed by atoms with Gasteiger partial charge in [0.15, 0.2) is 0 Å². The molecule has 1 aromatic carbocycles. The summed E-state index contributed by atoms with van der Waals surface area (Å²) >= 11 is 11.3. The van der Waals surface area contributed by atoms with Crippen molar-refractivity contribution in [1.82, 2.24) is 9.88 Å². The molecule has 3 rings (SSSR count). The number of rotatable bonds is 2. The van der Waals surface area contributed by atoms with Crippen LogP contribution in [-0.4, -0.2) is 27.1 Å². The highest BCUT2D eigenvalue weighted by molar-refractivity contribution is 7.80. The molecule has 0 unspecified atom stereocenters. The molecule has 1 N–H and O–H groups in total. The van der Waals surface area contributed by atoms with Crippen LogP contribution in [0.4, 0.5) is 10.5 Å². The number of nitrogens with one attached hydrogen (secondary N) is 1. The fourth-order valence-corrected chi connectivity index (χ4v) is 3.01. The maximum absolute atomic E-state index is 12.5. The van der Waals surface area contributed by atoms with Gasteiger partial charge in [-0.2, -0.15) is 0 Å². The number of carbonyl (C=O) groups is 1. The molecule has 7 heteroatoms.